The van der Waals surface area contributed by atoms with Crippen LogP contribution in [0.4, 0.5) is 0 Å². The van der Waals surface area contributed by atoms with Gasteiger partial charge in [-0.1, -0.05) is 23.7 Å². The molecule has 1 aliphatic rings. The molecule has 0 atom stereocenters. The third-order valence-corrected chi connectivity index (χ3v) is 4.18. The van der Waals surface area contributed by atoms with Crippen LogP contribution in [-0.4, -0.2) is 51.2 Å². The molecule has 0 aromatic heterocycles. The van der Waals surface area contributed by atoms with E-state index in [1.807, 2.05) is 24.3 Å². The number of methoxy groups -OCH3 is 2. The van der Waals surface area contributed by atoms with Gasteiger partial charge in [0, 0.05) is 6.54 Å². The number of nitrogens with zero attached hydrogens (tertiary/aromatic N) is 2. The molecule has 1 aliphatic heterocycles. The number of nitrogens with two attached hydrogens (primary N) is 1. The molecule has 2 rings (SSSR count). The Bertz CT molecular complexity index is 587. The Morgan fingerprint density at radius 1 is 1.15 bits per heavy atom. The van der Waals surface area contributed by atoms with E-state index in [2.05, 4.69) is 10.1 Å². The van der Waals surface area contributed by atoms with Crippen molar-refractivity contribution in [2.75, 3.05) is 40.5 Å². The van der Waals surface area contributed by atoms with Gasteiger partial charge in [-0.3, -0.25) is 0 Å². The first kappa shape index (κ1) is 22.1. The smallest absolute Gasteiger partial charge is 0.162 e. The summed E-state index contributed by atoms with van der Waals surface area (Å²) in [5.74, 6) is 1.71. The van der Waals surface area contributed by atoms with Gasteiger partial charge in [0.2, 0.25) is 0 Å². The lowest BCUT2D eigenvalue weighted by molar-refractivity contribution is 0.124. The van der Waals surface area contributed by atoms with Crippen molar-refractivity contribution >= 4 is 24.3 Å². The van der Waals surface area contributed by atoms with Gasteiger partial charge in [0.25, 0.3) is 0 Å². The Labute approximate surface area is 162 Å². The zero-order chi connectivity index (χ0) is 17.9. The van der Waals surface area contributed by atoms with Gasteiger partial charge in [0.1, 0.15) is 6.61 Å². The lowest BCUT2D eigenvalue weighted by Gasteiger charge is -2.25. The minimum absolute atomic E-state index is 0. The first-order valence-electron chi connectivity index (χ1n) is 8.81. The van der Waals surface area contributed by atoms with E-state index in [-0.39, 0.29) is 12.4 Å². The summed E-state index contributed by atoms with van der Waals surface area (Å²) in [6.07, 6.45) is 8.53. The molecule has 1 fully saturated rings. The van der Waals surface area contributed by atoms with E-state index in [0.717, 1.165) is 18.5 Å². The summed E-state index contributed by atoms with van der Waals surface area (Å²) in [6.45, 7) is 4.07. The highest BCUT2D eigenvalue weighted by atomic mass is 35.5. The van der Waals surface area contributed by atoms with Crippen LogP contribution in [0.1, 0.15) is 31.2 Å². The molecular weight excluding hydrogens is 354 g/mol. The van der Waals surface area contributed by atoms with Gasteiger partial charge in [-0.05, 0) is 56.1 Å². The number of hydrogen-bond donors (Lipinski definition) is 1. The zero-order valence-corrected chi connectivity index (χ0v) is 16.5. The van der Waals surface area contributed by atoms with Crippen molar-refractivity contribution in [3.8, 4) is 11.5 Å². The van der Waals surface area contributed by atoms with Crippen molar-refractivity contribution in [2.24, 2.45) is 10.9 Å². The van der Waals surface area contributed by atoms with Crippen molar-refractivity contribution in [3.63, 3.8) is 0 Å². The van der Waals surface area contributed by atoms with Gasteiger partial charge < -0.3 is 24.9 Å². The van der Waals surface area contributed by atoms with Gasteiger partial charge in [-0.15, -0.1) is 12.4 Å². The third-order valence-electron chi connectivity index (χ3n) is 4.18. The predicted molar refractivity (Wildman–Crippen MR) is 108 cm³/mol. The van der Waals surface area contributed by atoms with Crippen LogP contribution in [0, 0.1) is 0 Å². The van der Waals surface area contributed by atoms with Crippen LogP contribution in [0.5, 0.6) is 11.5 Å². The maximum atomic E-state index is 5.85. The summed E-state index contributed by atoms with van der Waals surface area (Å²) in [6, 6.07) is 5.65. The first-order chi connectivity index (χ1) is 12.2. The van der Waals surface area contributed by atoms with E-state index in [1.165, 1.54) is 32.4 Å². The van der Waals surface area contributed by atoms with E-state index < -0.39 is 0 Å². The molecule has 0 unspecified atom stereocenters. The third kappa shape index (κ3) is 7.54. The van der Waals surface area contributed by atoms with Crippen LogP contribution in [0.25, 0.3) is 6.08 Å². The van der Waals surface area contributed by atoms with Gasteiger partial charge >= 0.3 is 0 Å². The fourth-order valence-corrected chi connectivity index (χ4v) is 2.82. The number of hydrogen-bond acceptors (Lipinski definition) is 5. The van der Waals surface area contributed by atoms with Crippen molar-refractivity contribution in [1.29, 1.82) is 0 Å². The Hall–Kier alpha value is -1.92. The maximum Gasteiger partial charge on any atom is 0.162 e. The molecule has 6 nitrogen and oxygen atoms in total. The van der Waals surface area contributed by atoms with Gasteiger partial charge in [-0.25, -0.2) is 0 Å². The Morgan fingerprint density at radius 3 is 2.58 bits per heavy atom. The first-order valence-corrected chi connectivity index (χ1v) is 8.81. The summed E-state index contributed by atoms with van der Waals surface area (Å²) in [7, 11) is 3.22. The van der Waals surface area contributed by atoms with E-state index in [9.17, 15) is 0 Å². The molecule has 1 heterocycles. The number of ether oxygens (including phenoxy) is 2. The molecule has 0 bridgehead atoms. The van der Waals surface area contributed by atoms with Crippen molar-refractivity contribution in [1.82, 2.24) is 4.90 Å². The molecule has 1 aromatic carbocycles. The molecule has 146 valence electrons. The van der Waals surface area contributed by atoms with Crippen LogP contribution in [0.3, 0.4) is 0 Å². The Kier molecular flexibility index (Phi) is 10.6. The number of benzene rings is 1. The number of amidine groups is 1. The second-order valence-corrected chi connectivity index (χ2v) is 6.05. The normalized spacial score (nSPS) is 15.5. The monoisotopic (exact) mass is 383 g/mol. The molecular formula is C19H30ClN3O3. The molecule has 7 heteroatoms. The highest BCUT2D eigenvalue weighted by Gasteiger charge is 2.08. The molecule has 0 spiro atoms. The number of piperidine rings is 1. The van der Waals surface area contributed by atoms with Crippen molar-refractivity contribution < 1.29 is 14.3 Å². The molecule has 0 amide bonds. The molecule has 0 saturated carbocycles. The van der Waals surface area contributed by atoms with Crippen LogP contribution in [0.2, 0.25) is 0 Å². The van der Waals surface area contributed by atoms with Crippen LogP contribution in [0.15, 0.2) is 29.4 Å². The largest absolute Gasteiger partial charge is 0.493 e. The molecule has 0 aliphatic carbocycles. The molecule has 1 saturated heterocycles. The number of rotatable bonds is 9. The molecule has 1 aromatic rings. The van der Waals surface area contributed by atoms with Gasteiger partial charge in [0.15, 0.2) is 17.3 Å². The second kappa shape index (κ2) is 12.4. The van der Waals surface area contributed by atoms with Gasteiger partial charge in [0.05, 0.1) is 14.2 Å². The summed E-state index contributed by atoms with van der Waals surface area (Å²) in [5.41, 5.74) is 6.79. The highest BCUT2D eigenvalue weighted by Crippen LogP contribution is 2.27. The summed E-state index contributed by atoms with van der Waals surface area (Å²) < 4.78 is 10.5. The molecule has 0 radical (unpaired) electrons. The number of likely N-dealkylation sites (tertiary alicyclic amines) is 1. The van der Waals surface area contributed by atoms with Crippen LogP contribution >= 0.6 is 12.4 Å². The Morgan fingerprint density at radius 2 is 1.88 bits per heavy atom. The lowest BCUT2D eigenvalue weighted by Crippen LogP contribution is -2.31. The fraction of sp³-hybridized carbons (Fsp3) is 0.526. The maximum absolute atomic E-state index is 5.85. The summed E-state index contributed by atoms with van der Waals surface area (Å²) in [4.78, 5) is 7.78. The summed E-state index contributed by atoms with van der Waals surface area (Å²) >= 11 is 0. The topological polar surface area (TPSA) is 69.3 Å². The quantitative estimate of drug-likeness (QED) is 0.306. The average Bonchev–Trinajstić information content (AvgIpc) is 2.66. The fourth-order valence-electron chi connectivity index (χ4n) is 2.82. The van der Waals surface area contributed by atoms with E-state index in [4.69, 9.17) is 20.0 Å². The van der Waals surface area contributed by atoms with Crippen LogP contribution < -0.4 is 15.2 Å². The Balaban J connectivity index is 0.00000338. The van der Waals surface area contributed by atoms with E-state index in [1.54, 1.807) is 20.3 Å². The van der Waals surface area contributed by atoms with Crippen LogP contribution in [-0.2, 0) is 4.84 Å². The average molecular weight is 384 g/mol. The second-order valence-electron chi connectivity index (χ2n) is 6.05. The molecule has 2 N–H and O–H groups in total. The lowest BCUT2D eigenvalue weighted by atomic mass is 10.1. The van der Waals surface area contributed by atoms with E-state index in [0.29, 0.717) is 23.9 Å². The van der Waals surface area contributed by atoms with Crippen molar-refractivity contribution in [3.05, 3.63) is 29.8 Å². The molecule has 26 heavy (non-hydrogen) atoms. The number of halogens is 1. The summed E-state index contributed by atoms with van der Waals surface area (Å²) in [5, 5.41) is 3.93. The standard InChI is InChI=1S/C19H29N3O3.ClH/c1-23-17-9-7-16(15-18(17)24-2)8-10-19(20)21-25-14-6-13-22-11-4-3-5-12-22;/h7-10,15H,3-6,11-14H2,1-2H3,(H2,20,21);1H/b10-8+;. The highest BCUT2D eigenvalue weighted by molar-refractivity contribution is 5.94. The number of oxime groups is 1. The SMILES string of the molecule is COc1ccc(/C=C/C(N)=N/OCCCN2CCCCC2)cc1OC.Cl. The minimum atomic E-state index is 0. The van der Waals surface area contributed by atoms with E-state index >= 15 is 0 Å². The zero-order valence-electron chi connectivity index (χ0n) is 15.6. The minimum Gasteiger partial charge on any atom is -0.493 e. The van der Waals surface area contributed by atoms with Crippen molar-refractivity contribution in [2.45, 2.75) is 25.7 Å². The van der Waals surface area contributed by atoms with Gasteiger partial charge in [-0.2, -0.15) is 0 Å². The predicted octanol–water partition coefficient (Wildman–Crippen LogP) is 3.30.